The molecule has 0 spiro atoms. The molecule has 0 aromatic carbocycles. The Kier molecular flexibility index (Phi) is 4.07. The Balaban J connectivity index is 2.63. The molecule has 0 aromatic rings. The Morgan fingerprint density at radius 2 is 2.12 bits per heavy atom. The fraction of sp³-hybridized carbons (Fsp3) is 0.714. The van der Waals surface area contributed by atoms with Gasteiger partial charge in [-0.2, -0.15) is 0 Å². The van der Waals surface area contributed by atoms with Gasteiger partial charge in [-0.15, -0.1) is 6.58 Å². The van der Waals surface area contributed by atoms with E-state index in [1.807, 2.05) is 12.2 Å². The first kappa shape index (κ1) is 14.7. The minimum Gasteiger partial charge on any atom is -0.410 e. The van der Waals surface area contributed by atoms with Crippen LogP contribution in [0.2, 0.25) is 18.1 Å². The molecule has 0 saturated heterocycles. The van der Waals surface area contributed by atoms with Crippen molar-refractivity contribution in [2.45, 2.75) is 63.5 Å². The third kappa shape index (κ3) is 3.54. The van der Waals surface area contributed by atoms with Gasteiger partial charge in [-0.05, 0) is 24.6 Å². The molecule has 0 amide bonds. The summed E-state index contributed by atoms with van der Waals surface area (Å²) in [6, 6.07) is 0. The van der Waals surface area contributed by atoms with Crippen LogP contribution in [0.3, 0.4) is 0 Å². The van der Waals surface area contributed by atoms with E-state index in [1.54, 1.807) is 6.08 Å². The lowest BCUT2D eigenvalue weighted by Crippen LogP contribution is -2.44. The van der Waals surface area contributed by atoms with Crippen LogP contribution >= 0.6 is 0 Å². The molecule has 2 atom stereocenters. The number of hydrogen-bond donors (Lipinski definition) is 1. The molecule has 0 aromatic heterocycles. The van der Waals surface area contributed by atoms with Gasteiger partial charge in [0.25, 0.3) is 0 Å². The van der Waals surface area contributed by atoms with E-state index in [0.29, 0.717) is 12.8 Å². The van der Waals surface area contributed by atoms with Gasteiger partial charge in [-0.3, -0.25) is 0 Å². The summed E-state index contributed by atoms with van der Waals surface area (Å²) in [7, 11) is -1.74. The van der Waals surface area contributed by atoms with Crippen LogP contribution in [0.5, 0.6) is 0 Å². The van der Waals surface area contributed by atoms with Gasteiger partial charge in [0.1, 0.15) is 0 Å². The highest BCUT2D eigenvalue weighted by Crippen LogP contribution is 2.39. The second-order valence-corrected chi connectivity index (χ2v) is 11.3. The van der Waals surface area contributed by atoms with Crippen LogP contribution in [-0.4, -0.2) is 25.1 Å². The molecular formula is C14H26O2Si. The van der Waals surface area contributed by atoms with Crippen molar-refractivity contribution >= 4 is 8.32 Å². The van der Waals surface area contributed by atoms with E-state index in [9.17, 15) is 5.11 Å². The van der Waals surface area contributed by atoms with Crippen LogP contribution in [-0.2, 0) is 4.43 Å². The minimum absolute atomic E-state index is 0.0563. The van der Waals surface area contributed by atoms with Gasteiger partial charge in [0, 0.05) is 6.42 Å². The predicted octanol–water partition coefficient (Wildman–Crippen LogP) is 3.64. The van der Waals surface area contributed by atoms with Gasteiger partial charge in [-0.25, -0.2) is 0 Å². The summed E-state index contributed by atoms with van der Waals surface area (Å²) in [6.07, 6.45) is 6.95. The van der Waals surface area contributed by atoms with Gasteiger partial charge in [0.15, 0.2) is 8.32 Å². The van der Waals surface area contributed by atoms with E-state index in [1.165, 1.54) is 0 Å². The molecule has 0 bridgehead atoms. The maximum absolute atomic E-state index is 10.2. The van der Waals surface area contributed by atoms with Gasteiger partial charge in [-0.1, -0.05) is 39.0 Å². The molecule has 1 N–H and O–H groups in total. The molecule has 3 heteroatoms. The van der Waals surface area contributed by atoms with Crippen LogP contribution < -0.4 is 0 Å². The fourth-order valence-corrected chi connectivity index (χ4v) is 3.08. The van der Waals surface area contributed by atoms with E-state index in [2.05, 4.69) is 40.4 Å². The van der Waals surface area contributed by atoms with Crippen molar-refractivity contribution in [3.05, 3.63) is 24.8 Å². The van der Waals surface area contributed by atoms with E-state index in [0.717, 1.165) is 0 Å². The summed E-state index contributed by atoms with van der Waals surface area (Å²) in [4.78, 5) is 0. The fourth-order valence-electron chi connectivity index (χ4n) is 1.81. The molecule has 0 radical (unpaired) electrons. The third-order valence-corrected chi connectivity index (χ3v) is 8.43. The van der Waals surface area contributed by atoms with Crippen molar-refractivity contribution in [2.24, 2.45) is 0 Å². The van der Waals surface area contributed by atoms with Crippen molar-refractivity contribution in [1.29, 1.82) is 0 Å². The van der Waals surface area contributed by atoms with Crippen molar-refractivity contribution in [3.8, 4) is 0 Å². The molecular weight excluding hydrogens is 228 g/mol. The Hall–Kier alpha value is -0.383. The second kappa shape index (κ2) is 4.71. The normalized spacial score (nSPS) is 29.6. The van der Waals surface area contributed by atoms with Crippen LogP contribution in [0.25, 0.3) is 0 Å². The summed E-state index contributed by atoms with van der Waals surface area (Å²) in [5, 5.41) is 10.4. The molecule has 98 valence electrons. The molecule has 0 heterocycles. The first-order chi connectivity index (χ1) is 7.60. The summed E-state index contributed by atoms with van der Waals surface area (Å²) >= 11 is 0. The van der Waals surface area contributed by atoms with Crippen molar-refractivity contribution in [2.75, 3.05) is 0 Å². The number of aliphatic hydroxyl groups is 1. The van der Waals surface area contributed by atoms with Crippen LogP contribution in [0.1, 0.15) is 33.6 Å². The summed E-state index contributed by atoms with van der Waals surface area (Å²) in [5.74, 6) is 0. The smallest absolute Gasteiger partial charge is 0.192 e. The zero-order valence-corrected chi connectivity index (χ0v) is 12.8. The summed E-state index contributed by atoms with van der Waals surface area (Å²) in [6.45, 7) is 14.9. The lowest BCUT2D eigenvalue weighted by molar-refractivity contribution is 0.0634. The number of hydrogen-bond acceptors (Lipinski definition) is 2. The summed E-state index contributed by atoms with van der Waals surface area (Å²) in [5.41, 5.74) is -0.741. The van der Waals surface area contributed by atoms with E-state index in [4.69, 9.17) is 4.43 Å². The molecule has 2 nitrogen and oxygen atoms in total. The number of rotatable bonds is 4. The van der Waals surface area contributed by atoms with E-state index < -0.39 is 13.9 Å². The highest BCUT2D eigenvalue weighted by molar-refractivity contribution is 6.74. The van der Waals surface area contributed by atoms with Crippen LogP contribution in [0, 0.1) is 0 Å². The lowest BCUT2D eigenvalue weighted by atomic mass is 9.99. The average Bonchev–Trinajstić information content (AvgIpc) is 2.45. The minimum atomic E-state index is -1.74. The maximum Gasteiger partial charge on any atom is 0.192 e. The Morgan fingerprint density at radius 3 is 2.59 bits per heavy atom. The van der Waals surface area contributed by atoms with Crippen molar-refractivity contribution in [1.82, 2.24) is 0 Å². The van der Waals surface area contributed by atoms with Crippen LogP contribution in [0.15, 0.2) is 24.8 Å². The Labute approximate surface area is 107 Å². The van der Waals surface area contributed by atoms with Gasteiger partial charge in [0.2, 0.25) is 0 Å². The molecule has 17 heavy (non-hydrogen) atoms. The average molecular weight is 254 g/mol. The highest BCUT2D eigenvalue weighted by atomic mass is 28.4. The van der Waals surface area contributed by atoms with E-state index in [-0.39, 0.29) is 11.1 Å². The first-order valence-corrected chi connectivity index (χ1v) is 9.21. The van der Waals surface area contributed by atoms with Gasteiger partial charge in [0.05, 0.1) is 11.7 Å². The van der Waals surface area contributed by atoms with E-state index >= 15 is 0 Å². The largest absolute Gasteiger partial charge is 0.410 e. The molecule has 0 fully saturated rings. The zero-order chi connectivity index (χ0) is 13.3. The zero-order valence-electron chi connectivity index (χ0n) is 11.8. The standard InChI is InChI=1S/C14H26O2Si/c1-7-9-14(15)10-8-12(11-14)16-17(5,6)13(2,3)4/h7-8,10,12,15H,1,9,11H2,2-6H3. The SMILES string of the molecule is C=CCC1(O)C=CC(O[Si](C)(C)C(C)(C)C)C1. The summed E-state index contributed by atoms with van der Waals surface area (Å²) < 4.78 is 6.26. The van der Waals surface area contributed by atoms with Crippen LogP contribution in [0.4, 0.5) is 0 Å². The van der Waals surface area contributed by atoms with Crippen molar-refractivity contribution in [3.63, 3.8) is 0 Å². The van der Waals surface area contributed by atoms with Gasteiger partial charge >= 0.3 is 0 Å². The Bertz CT molecular complexity index is 315. The van der Waals surface area contributed by atoms with Crippen molar-refractivity contribution < 1.29 is 9.53 Å². The predicted molar refractivity (Wildman–Crippen MR) is 75.6 cm³/mol. The molecule has 1 aliphatic carbocycles. The first-order valence-electron chi connectivity index (χ1n) is 6.30. The Morgan fingerprint density at radius 1 is 1.53 bits per heavy atom. The van der Waals surface area contributed by atoms with Gasteiger partial charge < -0.3 is 9.53 Å². The monoisotopic (exact) mass is 254 g/mol. The topological polar surface area (TPSA) is 29.5 Å². The molecule has 2 unspecified atom stereocenters. The molecule has 1 aliphatic rings. The maximum atomic E-state index is 10.2. The highest BCUT2D eigenvalue weighted by Gasteiger charge is 2.41. The molecule has 0 saturated carbocycles. The molecule has 0 aliphatic heterocycles. The third-order valence-electron chi connectivity index (χ3n) is 3.93. The quantitative estimate of drug-likeness (QED) is 0.613. The molecule has 1 rings (SSSR count). The lowest BCUT2D eigenvalue weighted by Gasteiger charge is -2.38. The second-order valence-electron chi connectivity index (χ2n) is 6.58.